The Bertz CT molecular complexity index is 632. The highest BCUT2D eigenvalue weighted by Gasteiger charge is 2.31. The maximum atomic E-state index is 11.7. The average Bonchev–Trinajstić information content (AvgIpc) is 2.98. The third-order valence-electron chi connectivity index (χ3n) is 3.51. The predicted molar refractivity (Wildman–Crippen MR) is 76.7 cm³/mol. The molecule has 0 aliphatic carbocycles. The van der Waals surface area contributed by atoms with E-state index in [0.717, 1.165) is 25.1 Å². The molecular weight excluding hydrogens is 268 g/mol. The van der Waals surface area contributed by atoms with Crippen molar-refractivity contribution in [3.63, 3.8) is 0 Å². The summed E-state index contributed by atoms with van der Waals surface area (Å²) in [7, 11) is 0. The van der Waals surface area contributed by atoms with Crippen molar-refractivity contribution in [1.82, 2.24) is 24.8 Å². The van der Waals surface area contributed by atoms with Crippen LogP contribution in [0.1, 0.15) is 31.5 Å². The summed E-state index contributed by atoms with van der Waals surface area (Å²) in [6, 6.07) is -0.0321. The largest absolute Gasteiger partial charge is 0.334 e. The lowest BCUT2D eigenvalue weighted by Crippen LogP contribution is -2.29. The lowest BCUT2D eigenvalue weighted by molar-refractivity contribution is -0.129. The fourth-order valence-electron chi connectivity index (χ4n) is 2.60. The van der Waals surface area contributed by atoms with E-state index in [2.05, 4.69) is 25.3 Å². The number of carbonyl (C=O) groups is 1. The number of anilines is 2. The first-order chi connectivity index (χ1) is 10.3. The SMILES string of the molecule is CC(=O)N1CCC[C@H]1c1nccnc1Nc1cnccn1. The summed E-state index contributed by atoms with van der Waals surface area (Å²) >= 11 is 0. The molecule has 3 rings (SSSR count). The van der Waals surface area contributed by atoms with E-state index in [9.17, 15) is 4.79 Å². The standard InChI is InChI=1S/C14H16N6O/c1-10(21)20-8-2-3-11(20)13-14(18-7-6-17-13)19-12-9-15-4-5-16-12/h4-7,9,11H,2-3,8H2,1H3,(H,16,18,19)/t11-/m0/s1. The molecule has 1 fully saturated rings. The molecule has 1 N–H and O–H groups in total. The molecule has 7 heteroatoms. The number of nitrogens with zero attached hydrogens (tertiary/aromatic N) is 5. The second-order valence-corrected chi connectivity index (χ2v) is 4.88. The van der Waals surface area contributed by atoms with Gasteiger partial charge in [-0.2, -0.15) is 0 Å². The van der Waals surface area contributed by atoms with Gasteiger partial charge in [-0.3, -0.25) is 14.8 Å². The fraction of sp³-hybridized carbons (Fsp3) is 0.357. The van der Waals surface area contributed by atoms with Gasteiger partial charge in [0.1, 0.15) is 11.5 Å². The number of carbonyl (C=O) groups excluding carboxylic acids is 1. The maximum absolute atomic E-state index is 11.7. The van der Waals surface area contributed by atoms with Crippen LogP contribution in [0.4, 0.5) is 11.6 Å². The van der Waals surface area contributed by atoms with Gasteiger partial charge in [-0.25, -0.2) is 9.97 Å². The van der Waals surface area contributed by atoms with Crippen LogP contribution in [0.25, 0.3) is 0 Å². The molecule has 2 aromatic heterocycles. The molecule has 0 bridgehead atoms. The summed E-state index contributed by atoms with van der Waals surface area (Å²) in [4.78, 5) is 30.5. The zero-order valence-corrected chi connectivity index (χ0v) is 11.7. The number of likely N-dealkylation sites (tertiary alicyclic amines) is 1. The van der Waals surface area contributed by atoms with Gasteiger partial charge in [0.2, 0.25) is 5.91 Å². The summed E-state index contributed by atoms with van der Waals surface area (Å²) in [6.07, 6.45) is 9.98. The minimum atomic E-state index is -0.0321. The molecule has 1 atom stereocenters. The summed E-state index contributed by atoms with van der Waals surface area (Å²) in [5.41, 5.74) is 0.774. The van der Waals surface area contributed by atoms with Crippen molar-refractivity contribution in [2.45, 2.75) is 25.8 Å². The van der Waals surface area contributed by atoms with Gasteiger partial charge < -0.3 is 10.2 Å². The van der Waals surface area contributed by atoms with Gasteiger partial charge >= 0.3 is 0 Å². The smallest absolute Gasteiger partial charge is 0.220 e. The zero-order valence-electron chi connectivity index (χ0n) is 11.7. The first kappa shape index (κ1) is 13.4. The minimum absolute atomic E-state index is 0.0321. The van der Waals surface area contributed by atoms with E-state index in [1.54, 1.807) is 37.9 Å². The van der Waals surface area contributed by atoms with Crippen LogP contribution in [0.3, 0.4) is 0 Å². The molecule has 0 radical (unpaired) electrons. The molecular formula is C14H16N6O. The van der Waals surface area contributed by atoms with Gasteiger partial charge in [-0.15, -0.1) is 0 Å². The Morgan fingerprint density at radius 3 is 2.81 bits per heavy atom. The first-order valence-electron chi connectivity index (χ1n) is 6.87. The van der Waals surface area contributed by atoms with Gasteiger partial charge in [-0.05, 0) is 12.8 Å². The second-order valence-electron chi connectivity index (χ2n) is 4.88. The highest BCUT2D eigenvalue weighted by molar-refractivity contribution is 5.74. The Hall–Kier alpha value is -2.57. The lowest BCUT2D eigenvalue weighted by atomic mass is 10.1. The maximum Gasteiger partial charge on any atom is 0.220 e. The highest BCUT2D eigenvalue weighted by Crippen LogP contribution is 2.34. The Kier molecular flexibility index (Phi) is 3.72. The number of nitrogens with one attached hydrogen (secondary N) is 1. The Labute approximate surface area is 122 Å². The third-order valence-corrected chi connectivity index (χ3v) is 3.51. The summed E-state index contributed by atoms with van der Waals surface area (Å²) in [6.45, 7) is 2.35. The van der Waals surface area contributed by atoms with Crippen molar-refractivity contribution in [3.05, 3.63) is 36.7 Å². The van der Waals surface area contributed by atoms with Crippen LogP contribution in [0.5, 0.6) is 0 Å². The van der Waals surface area contributed by atoms with Crippen molar-refractivity contribution in [2.24, 2.45) is 0 Å². The lowest BCUT2D eigenvalue weighted by Gasteiger charge is -2.24. The van der Waals surface area contributed by atoms with E-state index in [4.69, 9.17) is 0 Å². The Balaban J connectivity index is 1.91. The van der Waals surface area contributed by atoms with Gasteiger partial charge in [0.15, 0.2) is 5.82 Å². The van der Waals surface area contributed by atoms with E-state index in [-0.39, 0.29) is 11.9 Å². The molecule has 1 aliphatic heterocycles. The van der Waals surface area contributed by atoms with Crippen molar-refractivity contribution < 1.29 is 4.79 Å². The zero-order chi connectivity index (χ0) is 14.7. The molecule has 1 saturated heterocycles. The summed E-state index contributed by atoms with van der Waals surface area (Å²) < 4.78 is 0. The van der Waals surface area contributed by atoms with Crippen LogP contribution in [-0.2, 0) is 4.79 Å². The third kappa shape index (κ3) is 2.81. The minimum Gasteiger partial charge on any atom is -0.334 e. The van der Waals surface area contributed by atoms with Gasteiger partial charge in [0.25, 0.3) is 0 Å². The van der Waals surface area contributed by atoms with E-state index in [1.807, 2.05) is 4.90 Å². The normalized spacial score (nSPS) is 17.8. The number of aromatic nitrogens is 4. The van der Waals surface area contributed by atoms with Gasteiger partial charge in [0, 0.05) is 38.3 Å². The van der Waals surface area contributed by atoms with Crippen LogP contribution in [0.2, 0.25) is 0 Å². The monoisotopic (exact) mass is 284 g/mol. The topological polar surface area (TPSA) is 83.9 Å². The molecule has 3 heterocycles. The predicted octanol–water partition coefficient (Wildman–Crippen LogP) is 1.69. The van der Waals surface area contributed by atoms with Crippen molar-refractivity contribution in [1.29, 1.82) is 0 Å². The van der Waals surface area contributed by atoms with E-state index < -0.39 is 0 Å². The summed E-state index contributed by atoms with van der Waals surface area (Å²) in [5, 5.41) is 3.12. The molecule has 0 saturated carbocycles. The quantitative estimate of drug-likeness (QED) is 0.923. The summed E-state index contributed by atoms with van der Waals surface area (Å²) in [5.74, 6) is 1.29. The van der Waals surface area contributed by atoms with Crippen molar-refractivity contribution in [2.75, 3.05) is 11.9 Å². The fourth-order valence-corrected chi connectivity index (χ4v) is 2.60. The molecule has 108 valence electrons. The molecule has 7 nitrogen and oxygen atoms in total. The van der Waals surface area contributed by atoms with Crippen molar-refractivity contribution >= 4 is 17.5 Å². The highest BCUT2D eigenvalue weighted by atomic mass is 16.2. The van der Waals surface area contributed by atoms with Crippen LogP contribution in [-0.4, -0.2) is 37.3 Å². The van der Waals surface area contributed by atoms with Gasteiger partial charge in [-0.1, -0.05) is 0 Å². The first-order valence-corrected chi connectivity index (χ1v) is 6.87. The van der Waals surface area contributed by atoms with Crippen LogP contribution >= 0.6 is 0 Å². The van der Waals surface area contributed by atoms with Crippen LogP contribution in [0.15, 0.2) is 31.0 Å². The average molecular weight is 284 g/mol. The molecule has 2 aromatic rings. The Morgan fingerprint density at radius 1 is 1.24 bits per heavy atom. The van der Waals surface area contributed by atoms with E-state index >= 15 is 0 Å². The molecule has 0 aromatic carbocycles. The number of hydrogen-bond donors (Lipinski definition) is 1. The van der Waals surface area contributed by atoms with Crippen LogP contribution in [0, 0.1) is 0 Å². The molecule has 21 heavy (non-hydrogen) atoms. The number of rotatable bonds is 3. The molecule has 0 unspecified atom stereocenters. The van der Waals surface area contributed by atoms with Crippen LogP contribution < -0.4 is 5.32 Å². The van der Waals surface area contributed by atoms with Crippen molar-refractivity contribution in [3.8, 4) is 0 Å². The molecule has 0 spiro atoms. The second kappa shape index (κ2) is 5.82. The number of amides is 1. The van der Waals surface area contributed by atoms with E-state index in [0.29, 0.717) is 11.6 Å². The molecule has 1 aliphatic rings. The Morgan fingerprint density at radius 2 is 2.05 bits per heavy atom. The van der Waals surface area contributed by atoms with Gasteiger partial charge in [0.05, 0.1) is 12.2 Å². The number of hydrogen-bond acceptors (Lipinski definition) is 6. The van der Waals surface area contributed by atoms with E-state index in [1.165, 1.54) is 0 Å². The molecule has 1 amide bonds.